The van der Waals surface area contributed by atoms with Gasteiger partial charge in [0.2, 0.25) is 0 Å². The van der Waals surface area contributed by atoms with Crippen LogP contribution >= 0.6 is 15.9 Å². The van der Waals surface area contributed by atoms with Crippen molar-refractivity contribution in [3.63, 3.8) is 0 Å². The molecule has 0 aliphatic rings. The number of carbonyl (C=O) groups excluding carboxylic acids is 1. The molecule has 150 valence electrons. The van der Waals surface area contributed by atoms with Gasteiger partial charge in [0.1, 0.15) is 5.56 Å². The minimum atomic E-state index is -0.366. The summed E-state index contributed by atoms with van der Waals surface area (Å²) < 4.78 is 3.00. The van der Waals surface area contributed by atoms with Crippen molar-refractivity contribution in [2.75, 3.05) is 5.32 Å². The summed E-state index contributed by atoms with van der Waals surface area (Å²) in [6.45, 7) is 8.33. The molecule has 1 aromatic heterocycles. The number of hydrogen-bond donors (Lipinski definition) is 1. The van der Waals surface area contributed by atoms with Crippen LogP contribution < -0.4 is 10.7 Å². The van der Waals surface area contributed by atoms with Gasteiger partial charge in [-0.05, 0) is 62.9 Å². The lowest BCUT2D eigenvalue weighted by molar-refractivity contribution is 0.102. The number of nitrogens with one attached hydrogen (secondary N) is 1. The lowest BCUT2D eigenvalue weighted by atomic mass is 10.1. The summed E-state index contributed by atoms with van der Waals surface area (Å²) in [5.74, 6) is -0.366. The number of rotatable bonds is 5. The number of carbonyl (C=O) groups is 1. The highest BCUT2D eigenvalue weighted by atomic mass is 79.9. The molecule has 0 bridgehead atoms. The molecule has 0 unspecified atom stereocenters. The van der Waals surface area contributed by atoms with Gasteiger partial charge in [-0.25, -0.2) is 0 Å². The van der Waals surface area contributed by atoms with E-state index >= 15 is 0 Å². The summed E-state index contributed by atoms with van der Waals surface area (Å²) in [6, 6.07) is 15.6. The zero-order valence-electron chi connectivity index (χ0n) is 17.2. The molecule has 3 aromatic rings. The molecular formula is C24H25BrN2O2. The van der Waals surface area contributed by atoms with Gasteiger partial charge in [-0.15, -0.1) is 0 Å². The standard InChI is InChI=1S/C24H25BrN2O2/c1-15-12-20(25)13-16(2)23(15)26-24(29)22-18(4)27(17(3)14-21(22)28)11-10-19-8-6-5-7-9-19/h5-9,12-14H,10-11H2,1-4H3,(H,26,29). The van der Waals surface area contributed by atoms with E-state index in [0.717, 1.165) is 33.4 Å². The fourth-order valence-electron chi connectivity index (χ4n) is 3.71. The monoisotopic (exact) mass is 452 g/mol. The molecular weight excluding hydrogens is 428 g/mol. The SMILES string of the molecule is Cc1cc(Br)cc(C)c1NC(=O)c1c(C)n(CCc2ccccc2)c(C)cc1=O. The Balaban J connectivity index is 1.93. The summed E-state index contributed by atoms with van der Waals surface area (Å²) in [4.78, 5) is 25.7. The van der Waals surface area contributed by atoms with E-state index in [9.17, 15) is 9.59 Å². The van der Waals surface area contributed by atoms with Crippen molar-refractivity contribution in [1.82, 2.24) is 4.57 Å². The Labute approximate surface area is 179 Å². The van der Waals surface area contributed by atoms with Gasteiger partial charge in [0.15, 0.2) is 5.43 Å². The number of benzene rings is 2. The third-order valence-corrected chi connectivity index (χ3v) is 5.67. The van der Waals surface area contributed by atoms with Crippen molar-refractivity contribution in [3.8, 4) is 0 Å². The number of pyridine rings is 1. The Morgan fingerprint density at radius 3 is 2.24 bits per heavy atom. The van der Waals surface area contributed by atoms with Crippen LogP contribution in [0.2, 0.25) is 0 Å². The lowest BCUT2D eigenvalue weighted by Gasteiger charge is -2.18. The fourth-order valence-corrected chi connectivity index (χ4v) is 4.39. The molecule has 1 N–H and O–H groups in total. The highest BCUT2D eigenvalue weighted by Crippen LogP contribution is 2.25. The summed E-state index contributed by atoms with van der Waals surface area (Å²) in [7, 11) is 0. The minimum absolute atomic E-state index is 0.199. The minimum Gasteiger partial charge on any atom is -0.348 e. The van der Waals surface area contributed by atoms with Crippen LogP contribution in [0.1, 0.15) is 38.4 Å². The smallest absolute Gasteiger partial charge is 0.261 e. The number of amides is 1. The van der Waals surface area contributed by atoms with Crippen LogP contribution in [-0.2, 0) is 13.0 Å². The molecule has 5 heteroatoms. The van der Waals surface area contributed by atoms with Crippen molar-refractivity contribution < 1.29 is 4.79 Å². The molecule has 0 spiro atoms. The summed E-state index contributed by atoms with van der Waals surface area (Å²) in [6.07, 6.45) is 0.831. The molecule has 29 heavy (non-hydrogen) atoms. The Kier molecular flexibility index (Phi) is 6.38. The van der Waals surface area contributed by atoms with Crippen molar-refractivity contribution in [1.29, 1.82) is 0 Å². The Bertz CT molecular complexity index is 1090. The third kappa shape index (κ3) is 4.67. The summed E-state index contributed by atoms with van der Waals surface area (Å²) in [5, 5.41) is 2.95. The predicted octanol–water partition coefficient (Wildman–Crippen LogP) is 5.34. The van der Waals surface area contributed by atoms with Gasteiger partial charge in [0.05, 0.1) is 0 Å². The molecule has 1 amide bonds. The third-order valence-electron chi connectivity index (χ3n) is 5.21. The van der Waals surface area contributed by atoms with Crippen LogP contribution in [0.25, 0.3) is 0 Å². The molecule has 2 aromatic carbocycles. The van der Waals surface area contributed by atoms with Crippen molar-refractivity contribution in [2.45, 2.75) is 40.7 Å². The highest BCUT2D eigenvalue weighted by Gasteiger charge is 2.19. The second kappa shape index (κ2) is 8.78. The van der Waals surface area contributed by atoms with Crippen molar-refractivity contribution >= 4 is 27.5 Å². The normalized spacial score (nSPS) is 10.8. The van der Waals surface area contributed by atoms with Crippen LogP contribution in [0.4, 0.5) is 5.69 Å². The van der Waals surface area contributed by atoms with Crippen LogP contribution in [0, 0.1) is 27.7 Å². The van der Waals surface area contributed by atoms with E-state index in [1.54, 1.807) is 6.07 Å². The van der Waals surface area contributed by atoms with Crippen molar-refractivity contribution in [2.24, 2.45) is 0 Å². The first-order chi connectivity index (χ1) is 13.8. The quantitative estimate of drug-likeness (QED) is 0.567. The average Bonchev–Trinajstić information content (AvgIpc) is 2.65. The Morgan fingerprint density at radius 2 is 1.62 bits per heavy atom. The van der Waals surface area contributed by atoms with E-state index < -0.39 is 0 Å². The van der Waals surface area contributed by atoms with Crippen LogP contribution in [-0.4, -0.2) is 10.5 Å². The number of aryl methyl sites for hydroxylation is 4. The number of aromatic nitrogens is 1. The Morgan fingerprint density at radius 1 is 1.00 bits per heavy atom. The highest BCUT2D eigenvalue weighted by molar-refractivity contribution is 9.10. The lowest BCUT2D eigenvalue weighted by Crippen LogP contribution is -2.27. The number of nitrogens with zero attached hydrogens (tertiary/aromatic N) is 1. The van der Waals surface area contributed by atoms with Crippen molar-refractivity contribution in [3.05, 3.63) is 96.9 Å². The molecule has 3 rings (SSSR count). The van der Waals surface area contributed by atoms with Gasteiger partial charge in [-0.1, -0.05) is 46.3 Å². The maximum Gasteiger partial charge on any atom is 0.261 e. The molecule has 4 nitrogen and oxygen atoms in total. The number of halogens is 1. The first-order valence-electron chi connectivity index (χ1n) is 9.61. The molecule has 0 radical (unpaired) electrons. The molecule has 0 atom stereocenters. The number of hydrogen-bond acceptors (Lipinski definition) is 2. The van der Waals surface area contributed by atoms with Gasteiger partial charge >= 0.3 is 0 Å². The van der Waals surface area contributed by atoms with Gasteiger partial charge in [0.25, 0.3) is 5.91 Å². The second-order valence-corrected chi connectivity index (χ2v) is 8.28. The van der Waals surface area contributed by atoms with Gasteiger partial charge in [-0.3, -0.25) is 9.59 Å². The van der Waals surface area contributed by atoms with Crippen LogP contribution in [0.15, 0.2) is 57.8 Å². The molecule has 1 heterocycles. The first kappa shape index (κ1) is 21.1. The van der Waals surface area contributed by atoms with Crippen LogP contribution in [0.3, 0.4) is 0 Å². The zero-order valence-corrected chi connectivity index (χ0v) is 18.8. The fraction of sp³-hybridized carbons (Fsp3) is 0.250. The maximum absolute atomic E-state index is 13.0. The predicted molar refractivity (Wildman–Crippen MR) is 122 cm³/mol. The first-order valence-corrected chi connectivity index (χ1v) is 10.4. The molecule has 0 aliphatic heterocycles. The van der Waals surface area contributed by atoms with Gasteiger partial charge in [0, 0.05) is 34.2 Å². The van der Waals surface area contributed by atoms with Gasteiger partial charge < -0.3 is 9.88 Å². The van der Waals surface area contributed by atoms with E-state index in [1.807, 2.05) is 62.6 Å². The molecule has 0 aliphatic carbocycles. The molecule has 0 fully saturated rings. The summed E-state index contributed by atoms with van der Waals surface area (Å²) in [5.41, 5.74) is 5.35. The molecule has 0 saturated carbocycles. The second-order valence-electron chi connectivity index (χ2n) is 7.37. The van der Waals surface area contributed by atoms with E-state index in [0.29, 0.717) is 12.2 Å². The average molecular weight is 453 g/mol. The Hall–Kier alpha value is -2.66. The van der Waals surface area contributed by atoms with E-state index in [4.69, 9.17) is 0 Å². The zero-order chi connectivity index (χ0) is 21.1. The topological polar surface area (TPSA) is 51.1 Å². The number of anilines is 1. The molecule has 0 saturated heterocycles. The largest absolute Gasteiger partial charge is 0.348 e. The van der Waals surface area contributed by atoms with Gasteiger partial charge in [-0.2, -0.15) is 0 Å². The van der Waals surface area contributed by atoms with E-state index in [-0.39, 0.29) is 16.9 Å². The van der Waals surface area contributed by atoms with Crippen LogP contribution in [0.5, 0.6) is 0 Å². The summed E-state index contributed by atoms with van der Waals surface area (Å²) >= 11 is 3.47. The van der Waals surface area contributed by atoms with E-state index in [2.05, 4.69) is 33.4 Å². The van der Waals surface area contributed by atoms with E-state index in [1.165, 1.54) is 5.56 Å². The maximum atomic E-state index is 13.0.